The Labute approximate surface area is 199 Å². The number of fused-ring (bicyclic) bond motifs is 1. The van der Waals surface area contributed by atoms with Crippen LogP contribution >= 0.6 is 11.8 Å². The van der Waals surface area contributed by atoms with Gasteiger partial charge in [0.25, 0.3) is 5.91 Å². The molecule has 1 saturated heterocycles. The number of hydrogen-bond donors (Lipinski definition) is 1. The molecule has 0 spiro atoms. The highest BCUT2D eigenvalue weighted by molar-refractivity contribution is 7.98. The zero-order chi connectivity index (χ0) is 23.4. The number of thioether (sulfide) groups is 1. The Bertz CT molecular complexity index is 1110. The third kappa shape index (κ3) is 5.47. The second-order valence-electron chi connectivity index (χ2n) is 8.31. The summed E-state index contributed by atoms with van der Waals surface area (Å²) in [6, 6.07) is 9.72. The van der Waals surface area contributed by atoms with Gasteiger partial charge in [0.05, 0.1) is 10.5 Å². The number of benzene rings is 2. The van der Waals surface area contributed by atoms with E-state index < -0.39 is 16.1 Å². The number of amides is 1. The van der Waals surface area contributed by atoms with Gasteiger partial charge in [-0.05, 0) is 61.9 Å². The molecule has 1 fully saturated rings. The van der Waals surface area contributed by atoms with E-state index in [0.29, 0.717) is 43.4 Å². The highest BCUT2D eigenvalue weighted by atomic mass is 32.2. The molecule has 1 N–H and O–H groups in total. The number of carbonyl (C=O) groups excluding carboxylic acids is 1. The SMILES string of the molecule is CSc1ccc(S(=O)(=O)N[C@H](C)c2ccc3c(c2)OCCO3)cc1C(=O)N1CCCCCC1. The molecule has 2 aliphatic rings. The van der Waals surface area contributed by atoms with Gasteiger partial charge in [-0.25, -0.2) is 13.1 Å². The van der Waals surface area contributed by atoms with E-state index in [9.17, 15) is 13.2 Å². The van der Waals surface area contributed by atoms with Gasteiger partial charge >= 0.3 is 0 Å². The fourth-order valence-electron chi connectivity index (χ4n) is 4.16. The van der Waals surface area contributed by atoms with Gasteiger partial charge in [0.1, 0.15) is 13.2 Å². The number of nitrogens with zero attached hydrogens (tertiary/aromatic N) is 1. The lowest BCUT2D eigenvalue weighted by molar-refractivity contribution is 0.0758. The standard InChI is InChI=1S/C24H30N2O5S2/c1-17(18-7-9-21-22(15-18)31-14-13-30-21)25-33(28,29)19-8-10-23(32-2)20(16-19)24(27)26-11-5-3-4-6-12-26/h7-10,15-17,25H,3-6,11-14H2,1-2H3/t17-/m1/s1. The van der Waals surface area contributed by atoms with E-state index in [0.717, 1.165) is 36.1 Å². The number of sulfonamides is 1. The van der Waals surface area contributed by atoms with Crippen LogP contribution in [0.2, 0.25) is 0 Å². The van der Waals surface area contributed by atoms with Crippen LogP contribution in [0.25, 0.3) is 0 Å². The Morgan fingerprint density at radius 3 is 2.39 bits per heavy atom. The van der Waals surface area contributed by atoms with Crippen molar-refractivity contribution in [3.8, 4) is 11.5 Å². The maximum Gasteiger partial charge on any atom is 0.255 e. The van der Waals surface area contributed by atoms with Crippen molar-refractivity contribution in [3.63, 3.8) is 0 Å². The third-order valence-corrected chi connectivity index (χ3v) is 8.34. The molecule has 0 bridgehead atoms. The van der Waals surface area contributed by atoms with E-state index in [-0.39, 0.29) is 10.8 Å². The van der Waals surface area contributed by atoms with Crippen molar-refractivity contribution in [2.75, 3.05) is 32.6 Å². The molecule has 2 aromatic carbocycles. The van der Waals surface area contributed by atoms with Crippen LogP contribution in [0, 0.1) is 0 Å². The van der Waals surface area contributed by atoms with Crippen molar-refractivity contribution in [2.24, 2.45) is 0 Å². The van der Waals surface area contributed by atoms with Crippen LogP contribution in [0.1, 0.15) is 54.6 Å². The molecule has 2 aromatic rings. The highest BCUT2D eigenvalue weighted by Crippen LogP contribution is 2.33. The van der Waals surface area contributed by atoms with E-state index >= 15 is 0 Å². The van der Waals surface area contributed by atoms with Crippen molar-refractivity contribution in [3.05, 3.63) is 47.5 Å². The van der Waals surface area contributed by atoms with Gasteiger partial charge in [-0.1, -0.05) is 18.9 Å². The van der Waals surface area contributed by atoms with Gasteiger partial charge in [0.15, 0.2) is 11.5 Å². The summed E-state index contributed by atoms with van der Waals surface area (Å²) in [4.78, 5) is 16.0. The van der Waals surface area contributed by atoms with E-state index in [4.69, 9.17) is 9.47 Å². The molecule has 1 amide bonds. The van der Waals surface area contributed by atoms with E-state index in [2.05, 4.69) is 4.72 Å². The van der Waals surface area contributed by atoms with Crippen molar-refractivity contribution in [1.29, 1.82) is 0 Å². The Hall–Kier alpha value is -2.23. The first kappa shape index (κ1) is 23.9. The molecule has 0 saturated carbocycles. The predicted molar refractivity (Wildman–Crippen MR) is 129 cm³/mol. The summed E-state index contributed by atoms with van der Waals surface area (Å²) < 4.78 is 40.3. The lowest BCUT2D eigenvalue weighted by Crippen LogP contribution is -2.32. The third-order valence-electron chi connectivity index (χ3n) is 6.00. The van der Waals surface area contributed by atoms with Crippen LogP contribution in [0.5, 0.6) is 11.5 Å². The van der Waals surface area contributed by atoms with Crippen LogP contribution in [0.3, 0.4) is 0 Å². The molecular weight excluding hydrogens is 460 g/mol. The lowest BCUT2D eigenvalue weighted by atomic mass is 10.1. The zero-order valence-corrected chi connectivity index (χ0v) is 20.6. The van der Waals surface area contributed by atoms with Gasteiger partial charge in [-0.15, -0.1) is 11.8 Å². The Morgan fingerprint density at radius 2 is 1.70 bits per heavy atom. The summed E-state index contributed by atoms with van der Waals surface area (Å²) in [6.45, 7) is 4.17. The number of likely N-dealkylation sites (tertiary alicyclic amines) is 1. The second kappa shape index (κ2) is 10.4. The molecule has 0 aliphatic carbocycles. The normalized spacial score (nSPS) is 17.3. The topological polar surface area (TPSA) is 84.9 Å². The summed E-state index contributed by atoms with van der Waals surface area (Å²) in [6.07, 6.45) is 6.09. The van der Waals surface area contributed by atoms with Gasteiger partial charge < -0.3 is 14.4 Å². The molecule has 178 valence electrons. The summed E-state index contributed by atoms with van der Waals surface area (Å²) in [7, 11) is -3.85. The second-order valence-corrected chi connectivity index (χ2v) is 10.9. The fraction of sp³-hybridized carbons (Fsp3) is 0.458. The first-order chi connectivity index (χ1) is 15.9. The first-order valence-corrected chi connectivity index (χ1v) is 14.0. The summed E-state index contributed by atoms with van der Waals surface area (Å²) in [5.74, 6) is 1.17. The van der Waals surface area contributed by atoms with E-state index in [1.54, 1.807) is 31.2 Å². The molecular formula is C24H30N2O5S2. The first-order valence-electron chi connectivity index (χ1n) is 11.3. The number of rotatable bonds is 6. The summed E-state index contributed by atoms with van der Waals surface area (Å²) in [5.41, 5.74) is 1.21. The minimum Gasteiger partial charge on any atom is -0.486 e. The van der Waals surface area contributed by atoms with Gasteiger partial charge in [-0.3, -0.25) is 4.79 Å². The molecule has 2 heterocycles. The van der Waals surface area contributed by atoms with E-state index in [1.807, 2.05) is 17.2 Å². The maximum absolute atomic E-state index is 13.3. The van der Waals surface area contributed by atoms with Gasteiger partial charge in [0, 0.05) is 24.0 Å². The van der Waals surface area contributed by atoms with Crippen molar-refractivity contribution < 1.29 is 22.7 Å². The van der Waals surface area contributed by atoms with Crippen LogP contribution in [0.15, 0.2) is 46.2 Å². The molecule has 1 atom stereocenters. The minimum absolute atomic E-state index is 0.0860. The molecule has 0 unspecified atom stereocenters. The Kier molecular flexibility index (Phi) is 7.51. The molecule has 0 radical (unpaired) electrons. The van der Waals surface area contributed by atoms with E-state index in [1.165, 1.54) is 17.8 Å². The molecule has 7 nitrogen and oxygen atoms in total. The van der Waals surface area contributed by atoms with Gasteiger partial charge in [0.2, 0.25) is 10.0 Å². The predicted octanol–water partition coefficient (Wildman–Crippen LogP) is 4.24. The number of ether oxygens (including phenoxy) is 2. The number of hydrogen-bond acceptors (Lipinski definition) is 6. The minimum atomic E-state index is -3.85. The Morgan fingerprint density at radius 1 is 1.00 bits per heavy atom. The Balaban J connectivity index is 1.57. The molecule has 2 aliphatic heterocycles. The monoisotopic (exact) mass is 490 g/mol. The fourth-order valence-corrected chi connectivity index (χ4v) is 5.99. The van der Waals surface area contributed by atoms with Crippen molar-refractivity contribution in [2.45, 2.75) is 48.4 Å². The van der Waals surface area contributed by atoms with Crippen molar-refractivity contribution >= 4 is 27.7 Å². The lowest BCUT2D eigenvalue weighted by Gasteiger charge is -2.22. The smallest absolute Gasteiger partial charge is 0.255 e. The van der Waals surface area contributed by atoms with Crippen LogP contribution in [-0.4, -0.2) is 51.8 Å². The van der Waals surface area contributed by atoms with Gasteiger partial charge in [-0.2, -0.15) is 0 Å². The molecule has 33 heavy (non-hydrogen) atoms. The zero-order valence-electron chi connectivity index (χ0n) is 19.0. The maximum atomic E-state index is 13.3. The highest BCUT2D eigenvalue weighted by Gasteiger charge is 2.25. The van der Waals surface area contributed by atoms with Crippen molar-refractivity contribution in [1.82, 2.24) is 9.62 Å². The average molecular weight is 491 g/mol. The molecule has 9 heteroatoms. The number of carbonyl (C=O) groups is 1. The largest absolute Gasteiger partial charge is 0.486 e. The average Bonchev–Trinajstić information content (AvgIpc) is 3.12. The van der Waals surface area contributed by atoms with Crippen LogP contribution < -0.4 is 14.2 Å². The van der Waals surface area contributed by atoms with Crippen LogP contribution in [0.4, 0.5) is 0 Å². The quantitative estimate of drug-likeness (QED) is 0.610. The molecule has 4 rings (SSSR count). The summed E-state index contributed by atoms with van der Waals surface area (Å²) in [5, 5.41) is 0. The summed E-state index contributed by atoms with van der Waals surface area (Å²) >= 11 is 1.45. The number of nitrogens with one attached hydrogen (secondary N) is 1. The molecule has 0 aromatic heterocycles. The van der Waals surface area contributed by atoms with Crippen LogP contribution in [-0.2, 0) is 10.0 Å².